The Morgan fingerprint density at radius 2 is 1.76 bits per heavy atom. The van der Waals surface area contributed by atoms with Crippen molar-refractivity contribution in [2.45, 2.75) is 45.6 Å². The molecule has 0 spiro atoms. The molecule has 1 heterocycles. The predicted molar refractivity (Wildman–Crippen MR) is 112 cm³/mol. The Morgan fingerprint density at radius 3 is 2.45 bits per heavy atom. The van der Waals surface area contributed by atoms with Crippen LogP contribution in [0.1, 0.15) is 68.1 Å². The minimum atomic E-state index is -0.419. The number of fused-ring (bicyclic) bond motifs is 1. The van der Waals surface area contributed by atoms with Crippen molar-refractivity contribution < 1.29 is 14.3 Å². The van der Waals surface area contributed by atoms with Gasteiger partial charge >= 0.3 is 5.97 Å². The summed E-state index contributed by atoms with van der Waals surface area (Å²) in [6, 6.07) is 18.1. The van der Waals surface area contributed by atoms with Crippen molar-refractivity contribution in [3.63, 3.8) is 0 Å². The molecule has 4 nitrogen and oxygen atoms in total. The third kappa shape index (κ3) is 3.88. The number of aromatic amines is 1. The van der Waals surface area contributed by atoms with Gasteiger partial charge in [0.15, 0.2) is 5.78 Å². The summed E-state index contributed by atoms with van der Waals surface area (Å²) >= 11 is 0. The van der Waals surface area contributed by atoms with E-state index in [1.54, 1.807) is 0 Å². The van der Waals surface area contributed by atoms with E-state index in [2.05, 4.69) is 36.2 Å². The number of aryl methyl sites for hydroxylation is 1. The number of hydrogen-bond donors (Lipinski definition) is 1. The number of H-pyrrole nitrogens is 1. The second-order valence-electron chi connectivity index (χ2n) is 7.66. The van der Waals surface area contributed by atoms with Crippen molar-refractivity contribution in [2.24, 2.45) is 0 Å². The quantitative estimate of drug-likeness (QED) is 0.616. The third-order valence-electron chi connectivity index (χ3n) is 5.77. The van der Waals surface area contributed by atoms with Gasteiger partial charge in [0, 0.05) is 17.7 Å². The number of carbonyl (C=O) groups is 2. The lowest BCUT2D eigenvalue weighted by Gasteiger charge is -2.22. The van der Waals surface area contributed by atoms with Crippen LogP contribution in [-0.2, 0) is 24.2 Å². The number of benzene rings is 2. The molecule has 1 atom stereocenters. The zero-order valence-corrected chi connectivity index (χ0v) is 16.8. The van der Waals surface area contributed by atoms with Crippen LogP contribution in [0.3, 0.4) is 0 Å². The summed E-state index contributed by atoms with van der Waals surface area (Å²) in [5.74, 6) is -0.198. The molecular weight excluding hydrogens is 362 g/mol. The molecule has 0 fully saturated rings. The van der Waals surface area contributed by atoms with Gasteiger partial charge in [-0.1, -0.05) is 61.5 Å². The van der Waals surface area contributed by atoms with Crippen LogP contribution < -0.4 is 0 Å². The van der Waals surface area contributed by atoms with Gasteiger partial charge < -0.3 is 9.72 Å². The molecule has 0 amide bonds. The van der Waals surface area contributed by atoms with Gasteiger partial charge in [-0.15, -0.1) is 0 Å². The summed E-state index contributed by atoms with van der Waals surface area (Å²) in [5, 5.41) is 0. The Hall–Kier alpha value is -3.14. The number of Topliss-reactive ketones (excluding diaryl/α,β-unsaturated/α-hetero) is 1. The van der Waals surface area contributed by atoms with Crippen LogP contribution in [0.4, 0.5) is 0 Å². The SMILES string of the molecule is CCc1ccc(C2CC(=O)c3c([nH]c(C(=O)OCc4ccccc4)c3C)C2)cc1. The molecule has 4 rings (SSSR count). The van der Waals surface area contributed by atoms with E-state index in [1.807, 2.05) is 37.3 Å². The van der Waals surface area contributed by atoms with E-state index in [0.717, 1.165) is 24.1 Å². The molecule has 1 aliphatic rings. The van der Waals surface area contributed by atoms with Crippen molar-refractivity contribution in [3.8, 4) is 0 Å². The summed E-state index contributed by atoms with van der Waals surface area (Å²) in [6.07, 6.45) is 2.19. The van der Waals surface area contributed by atoms with Crippen LogP contribution in [0.5, 0.6) is 0 Å². The number of hydrogen-bond acceptors (Lipinski definition) is 3. The van der Waals surface area contributed by atoms with Crippen molar-refractivity contribution in [2.75, 3.05) is 0 Å². The van der Waals surface area contributed by atoms with E-state index in [9.17, 15) is 9.59 Å². The Kier molecular flexibility index (Phi) is 5.34. The van der Waals surface area contributed by atoms with Crippen molar-refractivity contribution in [1.29, 1.82) is 0 Å². The van der Waals surface area contributed by atoms with Crippen LogP contribution in [0.2, 0.25) is 0 Å². The van der Waals surface area contributed by atoms with Gasteiger partial charge in [0.1, 0.15) is 12.3 Å². The molecule has 0 aliphatic heterocycles. The minimum Gasteiger partial charge on any atom is -0.456 e. The Bertz CT molecular complexity index is 1030. The van der Waals surface area contributed by atoms with Gasteiger partial charge in [-0.05, 0) is 47.9 Å². The van der Waals surface area contributed by atoms with E-state index < -0.39 is 5.97 Å². The van der Waals surface area contributed by atoms with E-state index in [1.165, 1.54) is 11.1 Å². The normalized spacial score (nSPS) is 15.8. The lowest BCUT2D eigenvalue weighted by Crippen LogP contribution is -2.18. The molecule has 3 aromatic rings. The highest BCUT2D eigenvalue weighted by Crippen LogP contribution is 2.35. The summed E-state index contributed by atoms with van der Waals surface area (Å²) in [7, 11) is 0. The zero-order valence-electron chi connectivity index (χ0n) is 16.8. The van der Waals surface area contributed by atoms with Crippen LogP contribution in [-0.4, -0.2) is 16.7 Å². The smallest absolute Gasteiger partial charge is 0.355 e. The summed E-state index contributed by atoms with van der Waals surface area (Å²) < 4.78 is 5.46. The highest BCUT2D eigenvalue weighted by Gasteiger charge is 2.32. The van der Waals surface area contributed by atoms with E-state index in [4.69, 9.17) is 4.74 Å². The maximum absolute atomic E-state index is 12.9. The van der Waals surface area contributed by atoms with E-state index >= 15 is 0 Å². The minimum absolute atomic E-state index is 0.0895. The fourth-order valence-electron chi connectivity index (χ4n) is 4.09. The number of aromatic nitrogens is 1. The first kappa shape index (κ1) is 19.2. The highest BCUT2D eigenvalue weighted by atomic mass is 16.5. The molecule has 0 saturated carbocycles. The van der Waals surface area contributed by atoms with Crippen molar-refractivity contribution >= 4 is 11.8 Å². The monoisotopic (exact) mass is 387 g/mol. The van der Waals surface area contributed by atoms with Crippen LogP contribution in [0.15, 0.2) is 54.6 Å². The second kappa shape index (κ2) is 8.08. The molecule has 0 bridgehead atoms. The number of rotatable bonds is 5. The van der Waals surface area contributed by atoms with Gasteiger partial charge in [0.2, 0.25) is 0 Å². The van der Waals surface area contributed by atoms with Gasteiger partial charge in [-0.2, -0.15) is 0 Å². The number of esters is 1. The topological polar surface area (TPSA) is 59.2 Å². The lowest BCUT2D eigenvalue weighted by molar-refractivity contribution is 0.0465. The molecule has 0 saturated heterocycles. The fourth-order valence-corrected chi connectivity index (χ4v) is 4.09. The van der Waals surface area contributed by atoms with Gasteiger partial charge in [0.05, 0.1) is 0 Å². The first-order valence-electron chi connectivity index (χ1n) is 10.1. The van der Waals surface area contributed by atoms with E-state index in [0.29, 0.717) is 23.2 Å². The largest absolute Gasteiger partial charge is 0.456 e. The molecule has 1 unspecified atom stereocenters. The molecule has 4 heteroatoms. The Labute approximate surface area is 170 Å². The van der Waals surface area contributed by atoms with Gasteiger partial charge in [-0.3, -0.25) is 4.79 Å². The highest BCUT2D eigenvalue weighted by molar-refractivity contribution is 6.03. The first-order valence-corrected chi connectivity index (χ1v) is 10.1. The van der Waals surface area contributed by atoms with Gasteiger partial charge in [-0.25, -0.2) is 4.79 Å². The molecule has 0 radical (unpaired) electrons. The number of ether oxygens (including phenoxy) is 1. The maximum Gasteiger partial charge on any atom is 0.355 e. The molecule has 148 valence electrons. The Morgan fingerprint density at radius 1 is 1.03 bits per heavy atom. The average Bonchev–Trinajstić information content (AvgIpc) is 3.10. The predicted octanol–water partition coefficient (Wildman–Crippen LogP) is 5.16. The molecule has 1 N–H and O–H groups in total. The third-order valence-corrected chi connectivity index (χ3v) is 5.77. The number of ketones is 1. The van der Waals surface area contributed by atoms with Crippen LogP contribution in [0.25, 0.3) is 0 Å². The van der Waals surface area contributed by atoms with Crippen molar-refractivity contribution in [3.05, 3.63) is 93.8 Å². The molecule has 2 aromatic carbocycles. The summed E-state index contributed by atoms with van der Waals surface area (Å²) in [4.78, 5) is 28.7. The maximum atomic E-state index is 12.9. The van der Waals surface area contributed by atoms with Crippen molar-refractivity contribution in [1.82, 2.24) is 4.98 Å². The summed E-state index contributed by atoms with van der Waals surface area (Å²) in [6.45, 7) is 4.16. The summed E-state index contributed by atoms with van der Waals surface area (Å²) in [5.41, 5.74) is 5.98. The zero-order chi connectivity index (χ0) is 20.4. The second-order valence-corrected chi connectivity index (χ2v) is 7.66. The Balaban J connectivity index is 1.53. The molecule has 1 aliphatic carbocycles. The molecular formula is C25H25NO3. The number of carbonyl (C=O) groups excluding carboxylic acids is 2. The molecule has 29 heavy (non-hydrogen) atoms. The van der Waals surface area contributed by atoms with Crippen LogP contribution >= 0.6 is 0 Å². The first-order chi connectivity index (χ1) is 14.1. The van der Waals surface area contributed by atoms with E-state index in [-0.39, 0.29) is 18.3 Å². The van der Waals surface area contributed by atoms with Crippen LogP contribution in [0, 0.1) is 6.92 Å². The number of nitrogens with one attached hydrogen (secondary N) is 1. The standard InChI is InChI=1S/C25H25NO3/c1-3-17-9-11-19(12-10-17)20-13-21-23(22(27)14-20)16(2)24(26-21)25(28)29-15-18-7-5-4-6-8-18/h4-12,20,26H,3,13-15H2,1-2H3. The lowest BCUT2D eigenvalue weighted by atomic mass is 9.81. The fraction of sp³-hybridized carbons (Fsp3) is 0.280. The molecule has 1 aromatic heterocycles. The van der Waals surface area contributed by atoms with Gasteiger partial charge in [0.25, 0.3) is 0 Å². The average molecular weight is 387 g/mol.